The number of carboxylic acid groups (broad SMARTS) is 1. The van der Waals surface area contributed by atoms with Crippen molar-refractivity contribution in [1.82, 2.24) is 4.90 Å². The van der Waals surface area contributed by atoms with E-state index < -0.39 is 11.4 Å². The van der Waals surface area contributed by atoms with Crippen LogP contribution in [0.2, 0.25) is 0 Å². The Morgan fingerprint density at radius 3 is 2.16 bits per heavy atom. The SMILES string of the molecule is CC1CC2C(=O)N(CC3(C(=O)O)CCC3)C(=O)C2C1. The molecule has 1 aliphatic heterocycles. The molecule has 5 nitrogen and oxygen atoms in total. The number of amides is 2. The van der Waals surface area contributed by atoms with Crippen molar-refractivity contribution >= 4 is 17.8 Å². The van der Waals surface area contributed by atoms with Crippen LogP contribution < -0.4 is 0 Å². The molecule has 5 heteroatoms. The predicted octanol–water partition coefficient (Wildman–Crippen LogP) is 1.27. The third-order valence-electron chi connectivity index (χ3n) is 5.19. The van der Waals surface area contributed by atoms with E-state index in [1.54, 1.807) is 0 Å². The lowest BCUT2D eigenvalue weighted by molar-refractivity contribution is -0.159. The minimum absolute atomic E-state index is 0.0847. The van der Waals surface area contributed by atoms with Gasteiger partial charge in [0.1, 0.15) is 0 Å². The second kappa shape index (κ2) is 4.05. The number of fused-ring (bicyclic) bond motifs is 1. The summed E-state index contributed by atoms with van der Waals surface area (Å²) in [4.78, 5) is 37.2. The van der Waals surface area contributed by atoms with Gasteiger partial charge in [0.05, 0.1) is 17.3 Å². The standard InChI is InChI=1S/C14H19NO4/c1-8-5-9-10(6-8)12(17)15(11(9)16)7-14(13(18)19)3-2-4-14/h8-10H,2-7H2,1H3,(H,18,19). The van der Waals surface area contributed by atoms with E-state index in [-0.39, 0.29) is 30.2 Å². The zero-order valence-electron chi connectivity index (χ0n) is 11.1. The first-order valence-electron chi connectivity index (χ1n) is 7.03. The van der Waals surface area contributed by atoms with Crippen LogP contribution in [0.1, 0.15) is 39.0 Å². The van der Waals surface area contributed by atoms with Gasteiger partial charge in [-0.2, -0.15) is 0 Å². The predicted molar refractivity (Wildman–Crippen MR) is 66.0 cm³/mol. The zero-order chi connectivity index (χ0) is 13.8. The van der Waals surface area contributed by atoms with E-state index in [1.165, 1.54) is 4.90 Å². The molecule has 1 N–H and O–H groups in total. The molecule has 2 aliphatic carbocycles. The summed E-state index contributed by atoms with van der Waals surface area (Å²) in [5.74, 6) is -1.09. The maximum Gasteiger partial charge on any atom is 0.311 e. The summed E-state index contributed by atoms with van der Waals surface area (Å²) in [5.41, 5.74) is -0.866. The Morgan fingerprint density at radius 2 is 1.79 bits per heavy atom. The van der Waals surface area contributed by atoms with Crippen molar-refractivity contribution in [2.45, 2.75) is 39.0 Å². The summed E-state index contributed by atoms with van der Waals surface area (Å²) in [6.45, 7) is 2.15. The first-order valence-corrected chi connectivity index (χ1v) is 7.03. The van der Waals surface area contributed by atoms with Crippen LogP contribution in [0.25, 0.3) is 0 Å². The van der Waals surface area contributed by atoms with Crippen LogP contribution in [0.5, 0.6) is 0 Å². The molecule has 19 heavy (non-hydrogen) atoms. The molecule has 2 saturated carbocycles. The van der Waals surface area contributed by atoms with Crippen LogP contribution in [0.3, 0.4) is 0 Å². The molecular weight excluding hydrogens is 246 g/mol. The van der Waals surface area contributed by atoms with Gasteiger partial charge >= 0.3 is 5.97 Å². The Labute approximate surface area is 112 Å². The highest BCUT2D eigenvalue weighted by molar-refractivity contribution is 6.05. The summed E-state index contributed by atoms with van der Waals surface area (Å²) in [7, 11) is 0. The van der Waals surface area contributed by atoms with Gasteiger partial charge in [0.25, 0.3) is 0 Å². The van der Waals surface area contributed by atoms with Crippen molar-refractivity contribution in [2.24, 2.45) is 23.2 Å². The van der Waals surface area contributed by atoms with E-state index in [1.807, 2.05) is 0 Å². The molecule has 1 saturated heterocycles. The molecule has 3 aliphatic rings. The minimum atomic E-state index is -0.871. The molecule has 2 unspecified atom stereocenters. The lowest BCUT2D eigenvalue weighted by atomic mass is 9.68. The van der Waals surface area contributed by atoms with Crippen molar-refractivity contribution in [3.8, 4) is 0 Å². The summed E-state index contributed by atoms with van der Waals surface area (Å²) >= 11 is 0. The molecule has 1 heterocycles. The van der Waals surface area contributed by atoms with Crippen LogP contribution in [-0.2, 0) is 14.4 Å². The van der Waals surface area contributed by atoms with Gasteiger partial charge in [0, 0.05) is 6.54 Å². The maximum atomic E-state index is 12.3. The minimum Gasteiger partial charge on any atom is -0.481 e. The number of hydrogen-bond donors (Lipinski definition) is 1. The summed E-state index contributed by atoms with van der Waals surface area (Å²) in [6.07, 6.45) is 3.56. The molecule has 0 aromatic heterocycles. The lowest BCUT2D eigenvalue weighted by Gasteiger charge is -2.39. The summed E-state index contributed by atoms with van der Waals surface area (Å²) in [5, 5.41) is 9.31. The molecule has 0 spiro atoms. The average molecular weight is 265 g/mol. The highest BCUT2D eigenvalue weighted by Crippen LogP contribution is 2.47. The summed E-state index contributed by atoms with van der Waals surface area (Å²) in [6, 6.07) is 0. The third kappa shape index (κ3) is 1.70. The van der Waals surface area contributed by atoms with Crippen LogP contribution in [0.15, 0.2) is 0 Å². The van der Waals surface area contributed by atoms with E-state index >= 15 is 0 Å². The van der Waals surface area contributed by atoms with Crippen LogP contribution in [0, 0.1) is 23.2 Å². The highest BCUT2D eigenvalue weighted by Gasteiger charge is 2.55. The normalized spacial score (nSPS) is 36.3. The number of aliphatic carboxylic acids is 1. The number of imide groups is 1. The first kappa shape index (κ1) is 12.6. The molecule has 2 atom stereocenters. The van der Waals surface area contributed by atoms with E-state index in [0.717, 1.165) is 19.3 Å². The molecule has 0 radical (unpaired) electrons. The Balaban J connectivity index is 1.78. The van der Waals surface area contributed by atoms with Crippen molar-refractivity contribution < 1.29 is 19.5 Å². The maximum absolute atomic E-state index is 12.3. The topological polar surface area (TPSA) is 74.7 Å². The zero-order valence-corrected chi connectivity index (χ0v) is 11.1. The number of carboxylic acids is 1. The lowest BCUT2D eigenvalue weighted by Crippen LogP contribution is -2.50. The van der Waals surface area contributed by atoms with E-state index in [0.29, 0.717) is 18.8 Å². The molecule has 3 fully saturated rings. The van der Waals surface area contributed by atoms with E-state index in [9.17, 15) is 19.5 Å². The number of hydrogen-bond acceptors (Lipinski definition) is 3. The monoisotopic (exact) mass is 265 g/mol. The van der Waals surface area contributed by atoms with Gasteiger partial charge in [-0.15, -0.1) is 0 Å². The number of likely N-dealkylation sites (tertiary alicyclic amines) is 1. The van der Waals surface area contributed by atoms with Gasteiger partial charge in [0.2, 0.25) is 11.8 Å². The van der Waals surface area contributed by atoms with Gasteiger partial charge in [0.15, 0.2) is 0 Å². The third-order valence-corrected chi connectivity index (χ3v) is 5.19. The summed E-state index contributed by atoms with van der Waals surface area (Å²) < 4.78 is 0. The molecule has 2 amide bonds. The largest absolute Gasteiger partial charge is 0.481 e. The second-order valence-corrected chi connectivity index (χ2v) is 6.49. The van der Waals surface area contributed by atoms with Crippen molar-refractivity contribution in [3.63, 3.8) is 0 Å². The number of carbonyl (C=O) groups excluding carboxylic acids is 2. The van der Waals surface area contributed by atoms with Gasteiger partial charge in [-0.25, -0.2) is 0 Å². The number of carbonyl (C=O) groups is 3. The van der Waals surface area contributed by atoms with E-state index in [2.05, 4.69) is 6.92 Å². The van der Waals surface area contributed by atoms with Crippen molar-refractivity contribution in [1.29, 1.82) is 0 Å². The fraction of sp³-hybridized carbons (Fsp3) is 0.786. The number of nitrogens with zero attached hydrogens (tertiary/aromatic N) is 1. The Kier molecular flexibility index (Phi) is 2.69. The molecule has 0 bridgehead atoms. The quantitative estimate of drug-likeness (QED) is 0.780. The van der Waals surface area contributed by atoms with Crippen molar-refractivity contribution in [3.05, 3.63) is 0 Å². The van der Waals surface area contributed by atoms with Gasteiger partial charge in [-0.1, -0.05) is 13.3 Å². The van der Waals surface area contributed by atoms with Gasteiger partial charge < -0.3 is 5.11 Å². The first-order chi connectivity index (χ1) is 8.94. The smallest absolute Gasteiger partial charge is 0.311 e. The average Bonchev–Trinajstić information content (AvgIpc) is 2.76. The Morgan fingerprint density at radius 1 is 1.26 bits per heavy atom. The molecule has 3 rings (SSSR count). The molecule has 104 valence electrons. The Bertz CT molecular complexity index is 430. The van der Waals surface area contributed by atoms with Gasteiger partial charge in [-0.3, -0.25) is 19.3 Å². The Hall–Kier alpha value is -1.39. The molecule has 0 aromatic rings. The fourth-order valence-corrected chi connectivity index (χ4v) is 3.85. The molecule has 0 aromatic carbocycles. The van der Waals surface area contributed by atoms with Crippen LogP contribution in [0.4, 0.5) is 0 Å². The van der Waals surface area contributed by atoms with Crippen molar-refractivity contribution in [2.75, 3.05) is 6.54 Å². The van der Waals surface area contributed by atoms with Crippen LogP contribution in [-0.4, -0.2) is 34.3 Å². The highest BCUT2D eigenvalue weighted by atomic mass is 16.4. The van der Waals surface area contributed by atoms with Gasteiger partial charge in [-0.05, 0) is 31.6 Å². The fourth-order valence-electron chi connectivity index (χ4n) is 3.85. The van der Waals surface area contributed by atoms with E-state index in [4.69, 9.17) is 0 Å². The van der Waals surface area contributed by atoms with Crippen LogP contribution >= 0.6 is 0 Å². The number of rotatable bonds is 3. The molecular formula is C14H19NO4. The second-order valence-electron chi connectivity index (χ2n) is 6.49.